The molecule has 0 unspecified atom stereocenters. The highest BCUT2D eigenvalue weighted by Crippen LogP contribution is 2.25. The van der Waals surface area contributed by atoms with Crippen LogP contribution in [0.3, 0.4) is 0 Å². The quantitative estimate of drug-likeness (QED) is 0.556. The van der Waals surface area contributed by atoms with Crippen LogP contribution in [0.5, 0.6) is 0 Å². The third kappa shape index (κ3) is 4.81. The molecule has 2 aromatic rings. The lowest BCUT2D eigenvalue weighted by molar-refractivity contribution is 0.187. The molecule has 3 rings (SSSR count). The Hall–Kier alpha value is -2.37. The highest BCUT2D eigenvalue weighted by Gasteiger charge is 2.23. The van der Waals surface area contributed by atoms with E-state index in [0.29, 0.717) is 5.92 Å². The summed E-state index contributed by atoms with van der Waals surface area (Å²) in [6.45, 7) is 3.08. The molecule has 5 N–H and O–H groups in total. The smallest absolute Gasteiger partial charge is 0.0481 e. The van der Waals surface area contributed by atoms with Gasteiger partial charge in [0.05, 0.1) is 0 Å². The molecule has 1 saturated heterocycles. The SMILES string of the molecule is NN/C(=C(\N)Cc1ccccc1)C1CCN(Cc2ccncc2)CC1. The minimum Gasteiger partial charge on any atom is -0.400 e. The third-order valence-corrected chi connectivity index (χ3v) is 4.89. The summed E-state index contributed by atoms with van der Waals surface area (Å²) in [5.41, 5.74) is 13.6. The maximum absolute atomic E-state index is 6.37. The van der Waals surface area contributed by atoms with E-state index in [-0.39, 0.29) is 0 Å². The molecule has 5 nitrogen and oxygen atoms in total. The van der Waals surface area contributed by atoms with E-state index in [9.17, 15) is 0 Å². The molecule has 0 bridgehead atoms. The number of likely N-dealkylation sites (tertiary alicyclic amines) is 1. The molecule has 1 aliphatic heterocycles. The summed E-state index contributed by atoms with van der Waals surface area (Å²) in [4.78, 5) is 6.56. The highest BCUT2D eigenvalue weighted by atomic mass is 15.2. The molecule has 0 saturated carbocycles. The van der Waals surface area contributed by atoms with Crippen molar-refractivity contribution in [1.82, 2.24) is 15.3 Å². The lowest BCUT2D eigenvalue weighted by Crippen LogP contribution is -2.38. The molecule has 1 aliphatic rings. The minimum atomic E-state index is 0.405. The van der Waals surface area contributed by atoms with Gasteiger partial charge in [-0.3, -0.25) is 15.7 Å². The molecule has 25 heavy (non-hydrogen) atoms. The number of hydrogen-bond donors (Lipinski definition) is 3. The third-order valence-electron chi connectivity index (χ3n) is 4.89. The van der Waals surface area contributed by atoms with Crippen LogP contribution in [0, 0.1) is 5.92 Å². The molecule has 0 atom stereocenters. The van der Waals surface area contributed by atoms with Crippen molar-refractivity contribution in [2.45, 2.75) is 25.8 Å². The second-order valence-corrected chi connectivity index (χ2v) is 6.65. The van der Waals surface area contributed by atoms with Crippen LogP contribution in [0.2, 0.25) is 0 Å². The predicted octanol–water partition coefficient (Wildman–Crippen LogP) is 2.17. The number of pyridine rings is 1. The number of nitrogens with one attached hydrogen (secondary N) is 1. The molecule has 0 radical (unpaired) electrons. The number of nitrogens with two attached hydrogens (primary N) is 2. The largest absolute Gasteiger partial charge is 0.400 e. The Bertz CT molecular complexity index is 676. The van der Waals surface area contributed by atoms with E-state index in [1.807, 2.05) is 30.6 Å². The Kier molecular flexibility index (Phi) is 6.04. The molecule has 1 aromatic heterocycles. The summed E-state index contributed by atoms with van der Waals surface area (Å²) >= 11 is 0. The zero-order valence-electron chi connectivity index (χ0n) is 14.6. The first kappa shape index (κ1) is 17.5. The normalized spacial score (nSPS) is 17.2. The van der Waals surface area contributed by atoms with Crippen LogP contribution < -0.4 is 17.0 Å². The number of piperidine rings is 1. The Balaban J connectivity index is 1.59. The number of rotatable bonds is 6. The molecule has 0 amide bonds. The lowest BCUT2D eigenvalue weighted by Gasteiger charge is -2.33. The number of aromatic nitrogens is 1. The van der Waals surface area contributed by atoms with Crippen LogP contribution in [-0.2, 0) is 13.0 Å². The Morgan fingerprint density at radius 3 is 2.36 bits per heavy atom. The average Bonchev–Trinajstić information content (AvgIpc) is 2.65. The van der Waals surface area contributed by atoms with Gasteiger partial charge in [-0.2, -0.15) is 0 Å². The van der Waals surface area contributed by atoms with Gasteiger partial charge in [0, 0.05) is 42.7 Å². The van der Waals surface area contributed by atoms with Crippen LogP contribution in [0.15, 0.2) is 66.3 Å². The van der Waals surface area contributed by atoms with Crippen LogP contribution in [-0.4, -0.2) is 23.0 Å². The molecular formula is C20H27N5. The second-order valence-electron chi connectivity index (χ2n) is 6.65. The molecule has 132 valence electrons. The number of hydrazine groups is 1. The first-order chi connectivity index (χ1) is 12.3. The van der Waals surface area contributed by atoms with Crippen LogP contribution in [0.4, 0.5) is 0 Å². The summed E-state index contributed by atoms with van der Waals surface area (Å²) in [7, 11) is 0. The molecule has 1 fully saturated rings. The van der Waals surface area contributed by atoms with Gasteiger partial charge in [-0.05, 0) is 49.2 Å². The van der Waals surface area contributed by atoms with Crippen molar-refractivity contribution in [2.24, 2.45) is 17.5 Å². The van der Waals surface area contributed by atoms with E-state index in [4.69, 9.17) is 11.6 Å². The minimum absolute atomic E-state index is 0.405. The molecule has 2 heterocycles. The zero-order valence-corrected chi connectivity index (χ0v) is 14.6. The van der Waals surface area contributed by atoms with Gasteiger partial charge in [0.2, 0.25) is 0 Å². The van der Waals surface area contributed by atoms with Crippen LogP contribution in [0.25, 0.3) is 0 Å². The van der Waals surface area contributed by atoms with Crippen molar-refractivity contribution < 1.29 is 0 Å². The molecule has 0 spiro atoms. The predicted molar refractivity (Wildman–Crippen MR) is 101 cm³/mol. The number of allylic oxidation sites excluding steroid dienone is 2. The summed E-state index contributed by atoms with van der Waals surface area (Å²) in [6, 6.07) is 14.4. The summed E-state index contributed by atoms with van der Waals surface area (Å²) in [5, 5.41) is 0. The van der Waals surface area contributed by atoms with Crippen molar-refractivity contribution in [3.63, 3.8) is 0 Å². The van der Waals surface area contributed by atoms with E-state index in [1.165, 1.54) is 11.1 Å². The van der Waals surface area contributed by atoms with Crippen molar-refractivity contribution in [3.05, 3.63) is 77.4 Å². The maximum atomic E-state index is 6.37. The maximum Gasteiger partial charge on any atom is 0.0481 e. The van der Waals surface area contributed by atoms with Gasteiger partial charge in [0.1, 0.15) is 0 Å². The first-order valence-corrected chi connectivity index (χ1v) is 8.86. The fourth-order valence-electron chi connectivity index (χ4n) is 3.51. The molecule has 5 heteroatoms. The van der Waals surface area contributed by atoms with Crippen molar-refractivity contribution >= 4 is 0 Å². The van der Waals surface area contributed by atoms with Gasteiger partial charge in [-0.25, -0.2) is 0 Å². The Morgan fingerprint density at radius 1 is 1.04 bits per heavy atom. The monoisotopic (exact) mass is 337 g/mol. The molecule has 1 aromatic carbocycles. The van der Waals surface area contributed by atoms with E-state index in [0.717, 1.165) is 50.3 Å². The summed E-state index contributed by atoms with van der Waals surface area (Å²) in [6.07, 6.45) is 6.58. The van der Waals surface area contributed by atoms with E-state index in [2.05, 4.69) is 39.6 Å². The second kappa shape index (κ2) is 8.65. The zero-order chi connectivity index (χ0) is 17.5. The van der Waals surface area contributed by atoms with E-state index in [1.54, 1.807) is 0 Å². The van der Waals surface area contributed by atoms with Gasteiger partial charge in [0.15, 0.2) is 0 Å². The van der Waals surface area contributed by atoms with Gasteiger partial charge in [-0.15, -0.1) is 0 Å². The summed E-state index contributed by atoms with van der Waals surface area (Å²) in [5.74, 6) is 6.21. The highest BCUT2D eigenvalue weighted by molar-refractivity contribution is 5.24. The number of hydrogen-bond acceptors (Lipinski definition) is 5. The van der Waals surface area contributed by atoms with Gasteiger partial charge < -0.3 is 11.2 Å². The molecule has 0 aliphatic carbocycles. The van der Waals surface area contributed by atoms with E-state index >= 15 is 0 Å². The van der Waals surface area contributed by atoms with Gasteiger partial charge in [-0.1, -0.05) is 30.3 Å². The lowest BCUT2D eigenvalue weighted by atomic mass is 9.91. The number of benzene rings is 1. The van der Waals surface area contributed by atoms with Gasteiger partial charge in [0.25, 0.3) is 0 Å². The Labute approximate surface area is 149 Å². The van der Waals surface area contributed by atoms with Crippen molar-refractivity contribution in [2.75, 3.05) is 13.1 Å². The fraction of sp³-hybridized carbons (Fsp3) is 0.350. The van der Waals surface area contributed by atoms with Crippen molar-refractivity contribution in [1.29, 1.82) is 0 Å². The standard InChI is InChI=1S/C20H27N5/c21-19(14-16-4-2-1-3-5-16)20(24-22)18-8-12-25(13-9-18)15-17-6-10-23-11-7-17/h1-7,10-11,18,24H,8-9,12-15,21-22H2/b20-19-. The number of nitrogens with zero attached hydrogens (tertiary/aromatic N) is 2. The van der Waals surface area contributed by atoms with Crippen LogP contribution >= 0.6 is 0 Å². The topological polar surface area (TPSA) is 80.2 Å². The fourth-order valence-corrected chi connectivity index (χ4v) is 3.51. The molecular weight excluding hydrogens is 310 g/mol. The van der Waals surface area contributed by atoms with E-state index < -0.39 is 0 Å². The van der Waals surface area contributed by atoms with Crippen molar-refractivity contribution in [3.8, 4) is 0 Å². The summed E-state index contributed by atoms with van der Waals surface area (Å²) < 4.78 is 0. The first-order valence-electron chi connectivity index (χ1n) is 8.86. The van der Waals surface area contributed by atoms with Gasteiger partial charge >= 0.3 is 0 Å². The average molecular weight is 337 g/mol. The van der Waals surface area contributed by atoms with Crippen LogP contribution in [0.1, 0.15) is 24.0 Å². The Morgan fingerprint density at radius 2 is 1.72 bits per heavy atom.